The second-order valence-electron chi connectivity index (χ2n) is 3.81. The van der Waals surface area contributed by atoms with Crippen molar-refractivity contribution >= 4 is 29.3 Å². The Bertz CT molecular complexity index is 191. The van der Waals surface area contributed by atoms with Gasteiger partial charge in [0.05, 0.1) is 5.25 Å². The molecule has 0 saturated carbocycles. The summed E-state index contributed by atoms with van der Waals surface area (Å²) in [5.74, 6) is 1.89. The normalized spacial score (nSPS) is 24.4. The van der Waals surface area contributed by atoms with Crippen LogP contribution in [0, 0.1) is 0 Å². The summed E-state index contributed by atoms with van der Waals surface area (Å²) >= 11 is 7.52. The molecule has 4 heteroatoms. The average molecular weight is 236 g/mol. The Morgan fingerprint density at radius 1 is 1.64 bits per heavy atom. The molecule has 1 heterocycles. The number of nitrogens with zero attached hydrogens (tertiary/aromatic N) is 1. The van der Waals surface area contributed by atoms with Crippen molar-refractivity contribution in [3.63, 3.8) is 0 Å². The van der Waals surface area contributed by atoms with E-state index in [1.54, 1.807) is 16.7 Å². The zero-order valence-electron chi connectivity index (χ0n) is 8.83. The van der Waals surface area contributed by atoms with E-state index in [-0.39, 0.29) is 17.2 Å². The van der Waals surface area contributed by atoms with Crippen molar-refractivity contribution in [1.29, 1.82) is 0 Å². The summed E-state index contributed by atoms with van der Waals surface area (Å²) < 4.78 is 0. The number of amides is 1. The van der Waals surface area contributed by atoms with Gasteiger partial charge in [-0.05, 0) is 25.5 Å². The number of thioether (sulfide) groups is 1. The number of rotatable bonds is 3. The molecule has 0 aromatic carbocycles. The van der Waals surface area contributed by atoms with E-state index in [1.165, 1.54) is 12.8 Å². The van der Waals surface area contributed by atoms with Gasteiger partial charge in [0.15, 0.2) is 0 Å². The molecule has 1 rings (SSSR count). The smallest absolute Gasteiger partial charge is 0.235 e. The van der Waals surface area contributed by atoms with Crippen LogP contribution in [0.2, 0.25) is 0 Å². The summed E-state index contributed by atoms with van der Waals surface area (Å²) in [4.78, 5) is 13.7. The quantitative estimate of drug-likeness (QED) is 0.700. The molecule has 0 aliphatic carbocycles. The van der Waals surface area contributed by atoms with E-state index in [2.05, 4.69) is 0 Å². The Hall–Kier alpha value is 0.110. The third kappa shape index (κ3) is 3.06. The monoisotopic (exact) mass is 235 g/mol. The predicted molar refractivity (Wildman–Crippen MR) is 63.0 cm³/mol. The first kappa shape index (κ1) is 12.2. The second-order valence-corrected chi connectivity index (χ2v) is 5.43. The molecule has 82 valence electrons. The van der Waals surface area contributed by atoms with Crippen LogP contribution in [-0.4, -0.2) is 40.8 Å². The first-order chi connectivity index (χ1) is 6.66. The molecule has 1 aliphatic heterocycles. The Morgan fingerprint density at radius 3 is 2.86 bits per heavy atom. The maximum Gasteiger partial charge on any atom is 0.235 e. The van der Waals surface area contributed by atoms with Gasteiger partial charge in [0, 0.05) is 19.0 Å². The molecule has 14 heavy (non-hydrogen) atoms. The Morgan fingerprint density at radius 2 is 2.36 bits per heavy atom. The highest BCUT2D eigenvalue weighted by molar-refractivity contribution is 8.00. The fourth-order valence-electron chi connectivity index (χ4n) is 1.48. The molecular formula is C10H18ClNOS. The summed E-state index contributed by atoms with van der Waals surface area (Å²) in [7, 11) is 1.85. The van der Waals surface area contributed by atoms with Crippen LogP contribution in [0.15, 0.2) is 0 Å². The molecule has 1 saturated heterocycles. The topological polar surface area (TPSA) is 20.3 Å². The van der Waals surface area contributed by atoms with Crippen molar-refractivity contribution < 1.29 is 4.79 Å². The molecule has 1 fully saturated rings. The van der Waals surface area contributed by atoms with Gasteiger partial charge >= 0.3 is 0 Å². The number of carbonyl (C=O) groups excluding carboxylic acids is 1. The van der Waals surface area contributed by atoms with Crippen LogP contribution in [-0.2, 0) is 4.79 Å². The van der Waals surface area contributed by atoms with Crippen LogP contribution >= 0.6 is 23.4 Å². The molecule has 0 bridgehead atoms. The zero-order valence-corrected chi connectivity index (χ0v) is 10.4. The Kier molecular flexibility index (Phi) is 5.10. The molecule has 0 N–H and O–H groups in total. The molecule has 0 spiro atoms. The van der Waals surface area contributed by atoms with E-state index in [9.17, 15) is 4.79 Å². The Labute approximate surface area is 95.4 Å². The maximum atomic E-state index is 11.9. The standard InChI is InChI=1S/C10H18ClNOS/c1-8(7-11)12(2)10(13)9-5-3-4-6-14-9/h8-9H,3-7H2,1-2H3. The molecule has 0 aromatic heterocycles. The third-order valence-corrected chi connectivity index (χ3v) is 4.50. The van der Waals surface area contributed by atoms with Crippen LogP contribution in [0.25, 0.3) is 0 Å². The van der Waals surface area contributed by atoms with Crippen LogP contribution in [0.1, 0.15) is 26.2 Å². The number of carbonyl (C=O) groups is 1. The van der Waals surface area contributed by atoms with E-state index in [0.29, 0.717) is 5.88 Å². The fourth-order valence-corrected chi connectivity index (χ4v) is 2.99. The van der Waals surface area contributed by atoms with Gasteiger partial charge in [0.2, 0.25) is 5.91 Å². The number of hydrogen-bond acceptors (Lipinski definition) is 2. The van der Waals surface area contributed by atoms with Crippen LogP contribution in [0.3, 0.4) is 0 Å². The first-order valence-corrected chi connectivity index (χ1v) is 6.69. The highest BCUT2D eigenvalue weighted by Crippen LogP contribution is 2.26. The van der Waals surface area contributed by atoms with Crippen LogP contribution in [0.4, 0.5) is 0 Å². The molecule has 0 radical (unpaired) electrons. The third-order valence-electron chi connectivity index (χ3n) is 2.69. The Balaban J connectivity index is 2.46. The van der Waals surface area contributed by atoms with E-state index in [1.807, 2.05) is 14.0 Å². The van der Waals surface area contributed by atoms with Crippen molar-refractivity contribution in [1.82, 2.24) is 4.90 Å². The van der Waals surface area contributed by atoms with Gasteiger partial charge in [-0.25, -0.2) is 0 Å². The van der Waals surface area contributed by atoms with Crippen molar-refractivity contribution in [3.8, 4) is 0 Å². The highest BCUT2D eigenvalue weighted by atomic mass is 35.5. The summed E-state index contributed by atoms with van der Waals surface area (Å²) in [5.41, 5.74) is 0. The van der Waals surface area contributed by atoms with Crippen molar-refractivity contribution in [2.45, 2.75) is 37.5 Å². The van der Waals surface area contributed by atoms with Gasteiger partial charge in [0.1, 0.15) is 0 Å². The minimum Gasteiger partial charge on any atom is -0.341 e. The lowest BCUT2D eigenvalue weighted by atomic mass is 10.1. The number of alkyl halides is 1. The molecule has 2 atom stereocenters. The van der Waals surface area contributed by atoms with Crippen molar-refractivity contribution in [2.75, 3.05) is 18.7 Å². The fraction of sp³-hybridized carbons (Fsp3) is 0.900. The second kappa shape index (κ2) is 5.86. The molecule has 2 unspecified atom stereocenters. The molecule has 0 aromatic rings. The number of halogens is 1. The van der Waals surface area contributed by atoms with E-state index in [4.69, 9.17) is 11.6 Å². The molecular weight excluding hydrogens is 218 g/mol. The largest absolute Gasteiger partial charge is 0.341 e. The van der Waals surface area contributed by atoms with Crippen LogP contribution in [0.5, 0.6) is 0 Å². The summed E-state index contributed by atoms with van der Waals surface area (Å²) in [6.07, 6.45) is 3.47. The van der Waals surface area contributed by atoms with Gasteiger partial charge in [-0.1, -0.05) is 6.42 Å². The summed E-state index contributed by atoms with van der Waals surface area (Å²) in [5, 5.41) is 0.180. The van der Waals surface area contributed by atoms with Crippen LogP contribution < -0.4 is 0 Å². The molecule has 1 amide bonds. The number of hydrogen-bond donors (Lipinski definition) is 0. The van der Waals surface area contributed by atoms with E-state index < -0.39 is 0 Å². The van der Waals surface area contributed by atoms with E-state index in [0.717, 1.165) is 12.2 Å². The van der Waals surface area contributed by atoms with Gasteiger partial charge in [-0.3, -0.25) is 4.79 Å². The van der Waals surface area contributed by atoms with Gasteiger partial charge < -0.3 is 4.90 Å². The highest BCUT2D eigenvalue weighted by Gasteiger charge is 2.26. The minimum atomic E-state index is 0.145. The maximum absolute atomic E-state index is 11.9. The molecule has 2 nitrogen and oxygen atoms in total. The van der Waals surface area contributed by atoms with Gasteiger partial charge in [-0.15, -0.1) is 23.4 Å². The van der Waals surface area contributed by atoms with E-state index >= 15 is 0 Å². The molecule has 1 aliphatic rings. The lowest BCUT2D eigenvalue weighted by Crippen LogP contribution is -2.42. The SMILES string of the molecule is CC(CCl)N(C)C(=O)C1CCCCS1. The lowest BCUT2D eigenvalue weighted by Gasteiger charge is -2.29. The first-order valence-electron chi connectivity index (χ1n) is 5.11. The van der Waals surface area contributed by atoms with Crippen molar-refractivity contribution in [2.24, 2.45) is 0 Å². The van der Waals surface area contributed by atoms with Crippen molar-refractivity contribution in [3.05, 3.63) is 0 Å². The van der Waals surface area contributed by atoms with Gasteiger partial charge in [-0.2, -0.15) is 0 Å². The zero-order chi connectivity index (χ0) is 10.6. The predicted octanol–water partition coefficient (Wildman–Crippen LogP) is 2.36. The summed E-state index contributed by atoms with van der Waals surface area (Å²) in [6.45, 7) is 1.98. The lowest BCUT2D eigenvalue weighted by molar-refractivity contribution is -0.130. The minimum absolute atomic E-state index is 0.145. The average Bonchev–Trinajstić information content (AvgIpc) is 2.27. The van der Waals surface area contributed by atoms with Gasteiger partial charge in [0.25, 0.3) is 0 Å². The summed E-state index contributed by atoms with van der Waals surface area (Å²) in [6, 6.07) is 0.145.